The van der Waals surface area contributed by atoms with E-state index >= 15 is 4.39 Å². The maximum absolute atomic E-state index is 16.3. The van der Waals surface area contributed by atoms with Gasteiger partial charge in [0.25, 0.3) is 17.7 Å². The molecule has 61 heavy (non-hydrogen) atoms. The van der Waals surface area contributed by atoms with Crippen molar-refractivity contribution in [1.29, 1.82) is 0 Å². The van der Waals surface area contributed by atoms with Gasteiger partial charge in [-0.25, -0.2) is 4.39 Å². The quantitative estimate of drug-likeness (QED) is 0.177. The second-order valence-corrected chi connectivity index (χ2v) is 16.6. The summed E-state index contributed by atoms with van der Waals surface area (Å²) in [4.78, 5) is 72.8. The summed E-state index contributed by atoms with van der Waals surface area (Å²) in [7, 11) is 0. The number of amides is 5. The molecule has 0 radical (unpaired) electrons. The molecule has 4 aliphatic heterocycles. The number of aryl methyl sites for hydroxylation is 1. The Balaban J connectivity index is 0.803. The van der Waals surface area contributed by atoms with Crippen molar-refractivity contribution in [1.82, 2.24) is 46.5 Å². The van der Waals surface area contributed by atoms with Gasteiger partial charge in [-0.2, -0.15) is 4.98 Å². The number of fused-ring (bicyclic) bond motifs is 1. The van der Waals surface area contributed by atoms with Crippen LogP contribution in [0.3, 0.4) is 0 Å². The highest BCUT2D eigenvalue weighted by Crippen LogP contribution is 2.42. The van der Waals surface area contributed by atoms with Gasteiger partial charge in [0.15, 0.2) is 11.5 Å². The van der Waals surface area contributed by atoms with Crippen LogP contribution in [0.4, 0.5) is 10.2 Å². The van der Waals surface area contributed by atoms with Crippen molar-refractivity contribution in [3.05, 3.63) is 81.1 Å². The number of hydrogen-bond donors (Lipinski definition) is 4. The average Bonchev–Trinajstić information content (AvgIpc) is 3.81. The van der Waals surface area contributed by atoms with Gasteiger partial charge < -0.3 is 24.8 Å². The Morgan fingerprint density at radius 2 is 1.72 bits per heavy atom. The normalized spacial score (nSPS) is 23.7. The van der Waals surface area contributed by atoms with Gasteiger partial charge in [-0.05, 0) is 86.9 Å². The van der Waals surface area contributed by atoms with E-state index in [1.165, 1.54) is 0 Å². The molecular formula is C42H44ClFN10O7. The van der Waals surface area contributed by atoms with Crippen LogP contribution < -0.4 is 30.9 Å². The Labute approximate surface area is 354 Å². The third-order valence-electron chi connectivity index (χ3n) is 12.4. The lowest BCUT2D eigenvalue weighted by atomic mass is 9.79. The van der Waals surface area contributed by atoms with Crippen molar-refractivity contribution in [3.8, 4) is 17.1 Å². The molecule has 318 valence electrons. The SMILES string of the molecule is Cc1nc(-c2ccc(OC3CCC(NC(=O)c4ccc(N5CCC(N6CCNCC6c6c(F)cc7c(c6C6CCC(=O)NC6=O)C(=O)NC7=O)CC5)nn4)CC3)cc2Cl)no1. The van der Waals surface area contributed by atoms with Crippen LogP contribution in [-0.4, -0.2) is 106 Å². The van der Waals surface area contributed by atoms with E-state index in [2.05, 4.69) is 51.4 Å². The molecule has 3 saturated heterocycles. The number of benzene rings is 2. The smallest absolute Gasteiger partial charge is 0.272 e. The number of ether oxygens (including phenoxy) is 1. The standard InChI is InChI=1S/C42H44ClFN10O7/c1-21-46-38(52-61-21)26-7-6-25(18-29(26)43)60-24-4-2-22(3-5-24)47-41(58)31-9-10-33(51-50-31)53-15-12-23(13-16-53)54-17-14-45-20-32(54)37-30(44)19-28-36(42(59)49-40(28)57)35(37)27-8-11-34(55)48-39(27)56/h6-7,9-10,18-19,22-24,27,32,45H,2-5,8,11-17,20H2,1H3,(H,47,58)(H,48,55,56)(H,49,57,59). The molecule has 5 aliphatic rings. The van der Waals surface area contributed by atoms with Crippen LogP contribution in [0.25, 0.3) is 11.4 Å². The van der Waals surface area contributed by atoms with Crippen LogP contribution >= 0.6 is 11.6 Å². The monoisotopic (exact) mass is 854 g/mol. The number of rotatable bonds is 9. The van der Waals surface area contributed by atoms with E-state index in [4.69, 9.17) is 20.9 Å². The fourth-order valence-corrected chi connectivity index (χ4v) is 9.67. The maximum atomic E-state index is 16.3. The molecule has 4 N–H and O–H groups in total. The molecule has 5 amide bonds. The second-order valence-electron chi connectivity index (χ2n) is 16.2. The van der Waals surface area contributed by atoms with Gasteiger partial charge in [0.1, 0.15) is 11.6 Å². The lowest BCUT2D eigenvalue weighted by molar-refractivity contribution is -0.134. The molecule has 1 saturated carbocycles. The van der Waals surface area contributed by atoms with E-state index in [0.717, 1.165) is 31.7 Å². The molecule has 19 heteroatoms. The van der Waals surface area contributed by atoms with E-state index in [1.54, 1.807) is 25.1 Å². The minimum Gasteiger partial charge on any atom is -0.490 e. The van der Waals surface area contributed by atoms with Crippen molar-refractivity contribution < 1.29 is 37.6 Å². The average molecular weight is 855 g/mol. The summed E-state index contributed by atoms with van der Waals surface area (Å²) < 4.78 is 27.6. The van der Waals surface area contributed by atoms with Crippen LogP contribution in [-0.2, 0) is 9.59 Å². The lowest BCUT2D eigenvalue weighted by Gasteiger charge is -2.46. The molecule has 2 atom stereocenters. The Morgan fingerprint density at radius 1 is 0.918 bits per heavy atom. The van der Waals surface area contributed by atoms with Crippen molar-refractivity contribution in [2.75, 3.05) is 37.6 Å². The van der Waals surface area contributed by atoms with Crippen LogP contribution in [0.2, 0.25) is 5.02 Å². The molecule has 0 spiro atoms. The minimum absolute atomic E-state index is 0.00653. The first kappa shape index (κ1) is 40.6. The molecule has 9 rings (SSSR count). The van der Waals surface area contributed by atoms with E-state index in [9.17, 15) is 24.0 Å². The summed E-state index contributed by atoms with van der Waals surface area (Å²) in [5, 5.41) is 24.1. The van der Waals surface area contributed by atoms with Gasteiger partial charge in [-0.15, -0.1) is 10.2 Å². The Morgan fingerprint density at radius 3 is 2.43 bits per heavy atom. The number of hydrogen-bond acceptors (Lipinski definition) is 14. The van der Waals surface area contributed by atoms with Crippen LogP contribution in [0.15, 0.2) is 40.9 Å². The van der Waals surface area contributed by atoms with Gasteiger partial charge in [-0.1, -0.05) is 16.8 Å². The van der Waals surface area contributed by atoms with Gasteiger partial charge >= 0.3 is 0 Å². The number of nitrogens with zero attached hydrogens (tertiary/aromatic N) is 6. The highest BCUT2D eigenvalue weighted by molar-refractivity contribution is 6.33. The third kappa shape index (κ3) is 8.18. The summed E-state index contributed by atoms with van der Waals surface area (Å²) in [5.74, 6) is -2.19. The first-order valence-corrected chi connectivity index (χ1v) is 21.1. The topological polar surface area (TPSA) is 214 Å². The first-order valence-electron chi connectivity index (χ1n) is 20.7. The predicted molar refractivity (Wildman–Crippen MR) is 217 cm³/mol. The zero-order chi connectivity index (χ0) is 42.4. The number of aromatic nitrogens is 4. The van der Waals surface area contributed by atoms with E-state index < -0.39 is 41.4 Å². The number of piperazine rings is 1. The molecule has 2 aromatic carbocycles. The summed E-state index contributed by atoms with van der Waals surface area (Å²) in [5.41, 5.74) is 1.18. The fraction of sp³-hybridized carbons (Fsp3) is 0.452. The molecule has 0 bridgehead atoms. The molecule has 4 fully saturated rings. The summed E-state index contributed by atoms with van der Waals surface area (Å²) in [6.07, 6.45) is 4.53. The zero-order valence-electron chi connectivity index (χ0n) is 33.3. The number of imide groups is 2. The maximum Gasteiger partial charge on any atom is 0.272 e. The summed E-state index contributed by atoms with van der Waals surface area (Å²) in [6.45, 7) is 4.59. The van der Waals surface area contributed by atoms with Crippen LogP contribution in [0.5, 0.6) is 5.75 Å². The van der Waals surface area contributed by atoms with Gasteiger partial charge in [-0.3, -0.25) is 39.5 Å². The van der Waals surface area contributed by atoms with Crippen molar-refractivity contribution in [2.24, 2.45) is 0 Å². The molecule has 2 unspecified atom stereocenters. The molecular weight excluding hydrogens is 811 g/mol. The van der Waals surface area contributed by atoms with Crippen molar-refractivity contribution in [3.63, 3.8) is 0 Å². The highest BCUT2D eigenvalue weighted by atomic mass is 35.5. The molecule has 4 aromatic rings. The predicted octanol–water partition coefficient (Wildman–Crippen LogP) is 3.77. The van der Waals surface area contributed by atoms with Gasteiger partial charge in [0.05, 0.1) is 34.2 Å². The van der Waals surface area contributed by atoms with Crippen LogP contribution in [0.1, 0.15) is 112 Å². The number of anilines is 1. The Hall–Kier alpha value is -5.85. The number of carbonyl (C=O) groups excluding carboxylic acids is 5. The molecule has 6 heterocycles. The van der Waals surface area contributed by atoms with Gasteiger partial charge in [0, 0.05) is 69.3 Å². The highest BCUT2D eigenvalue weighted by Gasteiger charge is 2.44. The zero-order valence-corrected chi connectivity index (χ0v) is 34.1. The van der Waals surface area contributed by atoms with Crippen molar-refractivity contribution in [2.45, 2.75) is 88.4 Å². The summed E-state index contributed by atoms with van der Waals surface area (Å²) in [6, 6.07) is 9.44. The third-order valence-corrected chi connectivity index (χ3v) is 12.7. The fourth-order valence-electron chi connectivity index (χ4n) is 9.41. The van der Waals surface area contributed by atoms with Crippen LogP contribution in [0, 0.1) is 12.7 Å². The Bertz CT molecular complexity index is 2400. The van der Waals surface area contributed by atoms with Crippen molar-refractivity contribution >= 4 is 47.0 Å². The number of nitrogens with one attached hydrogen (secondary N) is 4. The number of halogens is 2. The minimum atomic E-state index is -0.969. The van der Waals surface area contributed by atoms with E-state index in [0.29, 0.717) is 79.4 Å². The number of piperidine rings is 2. The molecule has 2 aromatic heterocycles. The molecule has 1 aliphatic carbocycles. The van der Waals surface area contributed by atoms with E-state index in [-0.39, 0.29) is 64.9 Å². The van der Waals surface area contributed by atoms with E-state index in [1.807, 2.05) is 12.1 Å². The first-order chi connectivity index (χ1) is 29.5. The Kier molecular flexibility index (Phi) is 11.2. The molecule has 17 nitrogen and oxygen atoms in total. The summed E-state index contributed by atoms with van der Waals surface area (Å²) >= 11 is 6.49. The second kappa shape index (κ2) is 16.9. The largest absolute Gasteiger partial charge is 0.490 e. The lowest BCUT2D eigenvalue weighted by Crippen LogP contribution is -2.54. The van der Waals surface area contributed by atoms with Gasteiger partial charge in [0.2, 0.25) is 23.5 Å². The number of carbonyl (C=O) groups is 5.